The van der Waals surface area contributed by atoms with Crippen LogP contribution in [0.25, 0.3) is 10.4 Å². The van der Waals surface area contributed by atoms with Crippen LogP contribution >= 0.6 is 38.9 Å². The molecule has 1 saturated heterocycles. The van der Waals surface area contributed by atoms with Crippen molar-refractivity contribution in [2.24, 2.45) is 5.92 Å². The molecule has 0 bridgehead atoms. The SMILES string of the molecule is CCOC(=O)COc1c(C(=O)OC)sc(-c2cccc(OCC3CCN(C(=O)Nc4ccccc4Cl)CC3)c2)c1Br. The lowest BCUT2D eigenvalue weighted by molar-refractivity contribution is -0.145. The van der Waals surface area contributed by atoms with E-state index in [0.717, 1.165) is 23.3 Å². The van der Waals surface area contributed by atoms with Crippen molar-refractivity contribution >= 4 is 62.5 Å². The number of methoxy groups -OCH3 is 1. The van der Waals surface area contributed by atoms with Crippen molar-refractivity contribution in [2.45, 2.75) is 19.8 Å². The number of carbonyl (C=O) groups is 3. The van der Waals surface area contributed by atoms with Crippen LogP contribution in [0, 0.1) is 5.92 Å². The minimum Gasteiger partial charge on any atom is -0.493 e. The first-order valence-corrected chi connectivity index (χ1v) is 15.0. The normalized spacial score (nSPS) is 13.4. The summed E-state index contributed by atoms with van der Waals surface area (Å²) in [5.41, 5.74) is 1.40. The molecule has 3 aromatic rings. The number of anilines is 1. The van der Waals surface area contributed by atoms with Gasteiger partial charge in [0.1, 0.15) is 5.75 Å². The molecule has 2 aromatic carbocycles. The van der Waals surface area contributed by atoms with E-state index in [0.29, 0.717) is 46.5 Å². The van der Waals surface area contributed by atoms with Crippen LogP contribution in [0.3, 0.4) is 0 Å². The standard InChI is InChI=1S/C29H30BrClN2O7S/c1-3-38-23(34)17-40-25-24(30)26(41-27(25)28(35)37-2)19-7-6-8-20(15-19)39-16-18-11-13-33(14-12-18)29(36)32-22-10-5-4-9-21(22)31/h4-10,15,18H,3,11-14,16-17H2,1-2H3,(H,32,36). The Morgan fingerprint density at radius 1 is 1.10 bits per heavy atom. The molecule has 1 N–H and O–H groups in total. The predicted molar refractivity (Wildman–Crippen MR) is 161 cm³/mol. The van der Waals surface area contributed by atoms with Crippen molar-refractivity contribution in [3.8, 4) is 21.9 Å². The predicted octanol–water partition coefficient (Wildman–Crippen LogP) is 6.88. The Balaban J connectivity index is 1.36. The Hall–Kier alpha value is -3.28. The van der Waals surface area contributed by atoms with Gasteiger partial charge < -0.3 is 29.2 Å². The molecule has 1 aliphatic heterocycles. The van der Waals surface area contributed by atoms with Crippen LogP contribution in [0.4, 0.5) is 10.5 Å². The van der Waals surface area contributed by atoms with Gasteiger partial charge in [-0.3, -0.25) is 0 Å². The molecule has 1 aromatic heterocycles. The van der Waals surface area contributed by atoms with Crippen LogP contribution in [0.1, 0.15) is 29.4 Å². The highest BCUT2D eigenvalue weighted by atomic mass is 79.9. The molecule has 1 aliphatic rings. The fraction of sp³-hybridized carbons (Fsp3) is 0.345. The van der Waals surface area contributed by atoms with E-state index in [-0.39, 0.29) is 29.9 Å². The number of para-hydroxylation sites is 1. The average molecular weight is 666 g/mol. The summed E-state index contributed by atoms with van der Waals surface area (Å²) in [6.07, 6.45) is 1.63. The number of rotatable bonds is 10. The maximum Gasteiger partial charge on any atom is 0.351 e. The van der Waals surface area contributed by atoms with Crippen LogP contribution in [-0.2, 0) is 14.3 Å². The van der Waals surface area contributed by atoms with Gasteiger partial charge in [-0.2, -0.15) is 0 Å². The number of urea groups is 1. The zero-order valence-corrected chi connectivity index (χ0v) is 25.8. The quantitative estimate of drug-likeness (QED) is 0.236. The molecule has 0 radical (unpaired) electrons. The number of piperidine rings is 1. The maximum atomic E-state index is 12.7. The van der Waals surface area contributed by atoms with E-state index in [1.165, 1.54) is 18.4 Å². The van der Waals surface area contributed by atoms with E-state index < -0.39 is 11.9 Å². The molecule has 9 nitrogen and oxygen atoms in total. The average Bonchev–Trinajstić information content (AvgIpc) is 3.32. The third-order valence-corrected chi connectivity index (χ3v) is 8.97. The van der Waals surface area contributed by atoms with Gasteiger partial charge in [0.05, 0.1) is 40.4 Å². The highest BCUT2D eigenvalue weighted by Crippen LogP contribution is 2.46. The molecule has 2 amide bonds. The van der Waals surface area contributed by atoms with Crippen molar-refractivity contribution < 1.29 is 33.3 Å². The second-order valence-corrected chi connectivity index (χ2v) is 11.4. The monoisotopic (exact) mass is 664 g/mol. The molecule has 1 fully saturated rings. The largest absolute Gasteiger partial charge is 0.493 e. The molecule has 41 heavy (non-hydrogen) atoms. The number of likely N-dealkylation sites (tertiary alicyclic amines) is 1. The molecule has 0 saturated carbocycles. The Morgan fingerprint density at radius 3 is 2.56 bits per heavy atom. The Labute approximate surface area is 255 Å². The van der Waals surface area contributed by atoms with Crippen molar-refractivity contribution in [1.82, 2.24) is 4.90 Å². The number of nitrogens with zero attached hydrogens (tertiary/aromatic N) is 1. The lowest BCUT2D eigenvalue weighted by Crippen LogP contribution is -2.42. The number of hydrogen-bond acceptors (Lipinski definition) is 8. The van der Waals surface area contributed by atoms with Crippen LogP contribution in [0.15, 0.2) is 53.0 Å². The number of nitrogens with one attached hydrogen (secondary N) is 1. The second-order valence-electron chi connectivity index (χ2n) is 9.17. The van der Waals surface area contributed by atoms with E-state index in [4.69, 9.17) is 30.5 Å². The van der Waals surface area contributed by atoms with Crippen LogP contribution in [-0.4, -0.2) is 62.9 Å². The fourth-order valence-electron chi connectivity index (χ4n) is 4.27. The molecular formula is C29H30BrClN2O7S. The molecule has 4 rings (SSSR count). The summed E-state index contributed by atoms with van der Waals surface area (Å²) in [5.74, 6) is 0.0904. The van der Waals surface area contributed by atoms with E-state index >= 15 is 0 Å². The first-order chi connectivity index (χ1) is 19.8. The van der Waals surface area contributed by atoms with Crippen molar-refractivity contribution in [3.63, 3.8) is 0 Å². The van der Waals surface area contributed by atoms with Gasteiger partial charge in [0, 0.05) is 13.1 Å². The Bertz CT molecular complexity index is 1390. The van der Waals surface area contributed by atoms with Gasteiger partial charge in [-0.25, -0.2) is 14.4 Å². The smallest absolute Gasteiger partial charge is 0.351 e. The minimum atomic E-state index is -0.569. The van der Waals surface area contributed by atoms with Gasteiger partial charge in [-0.05, 0) is 71.4 Å². The number of amides is 2. The third kappa shape index (κ3) is 7.93. The van der Waals surface area contributed by atoms with Gasteiger partial charge >= 0.3 is 18.0 Å². The van der Waals surface area contributed by atoms with Crippen LogP contribution < -0.4 is 14.8 Å². The summed E-state index contributed by atoms with van der Waals surface area (Å²) in [4.78, 5) is 39.7. The van der Waals surface area contributed by atoms with Crippen molar-refractivity contribution in [1.29, 1.82) is 0 Å². The summed E-state index contributed by atoms with van der Waals surface area (Å²) in [6.45, 7) is 3.35. The number of thiophene rings is 1. The minimum absolute atomic E-state index is 0.163. The van der Waals surface area contributed by atoms with Crippen LogP contribution in [0.5, 0.6) is 11.5 Å². The first kappa shape index (κ1) is 30.7. The van der Waals surface area contributed by atoms with E-state index in [2.05, 4.69) is 21.2 Å². The molecule has 0 atom stereocenters. The Kier molecular flexibility index (Phi) is 10.9. The van der Waals surface area contributed by atoms with Gasteiger partial charge in [-0.1, -0.05) is 35.9 Å². The molecular weight excluding hydrogens is 636 g/mol. The zero-order chi connectivity index (χ0) is 29.4. The summed E-state index contributed by atoms with van der Waals surface area (Å²) in [7, 11) is 1.29. The van der Waals surface area contributed by atoms with E-state index in [1.54, 1.807) is 24.0 Å². The molecule has 0 unspecified atom stereocenters. The van der Waals surface area contributed by atoms with E-state index in [1.807, 2.05) is 36.4 Å². The number of benzene rings is 2. The second kappa shape index (κ2) is 14.6. The number of carbonyl (C=O) groups excluding carboxylic acids is 3. The van der Waals surface area contributed by atoms with Crippen molar-refractivity contribution in [2.75, 3.05) is 45.3 Å². The number of halogens is 2. The molecule has 2 heterocycles. The third-order valence-electron chi connectivity index (χ3n) is 6.42. The first-order valence-electron chi connectivity index (χ1n) is 13.0. The maximum absolute atomic E-state index is 12.7. The molecule has 0 aliphatic carbocycles. The Morgan fingerprint density at radius 2 is 1.85 bits per heavy atom. The zero-order valence-electron chi connectivity index (χ0n) is 22.6. The van der Waals surface area contributed by atoms with Gasteiger partial charge in [0.15, 0.2) is 17.2 Å². The lowest BCUT2D eigenvalue weighted by Gasteiger charge is -2.32. The topological polar surface area (TPSA) is 103 Å². The molecule has 218 valence electrons. The van der Waals surface area contributed by atoms with Gasteiger partial charge in [0.2, 0.25) is 0 Å². The summed E-state index contributed by atoms with van der Waals surface area (Å²) in [6, 6.07) is 14.5. The summed E-state index contributed by atoms with van der Waals surface area (Å²) >= 11 is 10.9. The van der Waals surface area contributed by atoms with Gasteiger partial charge in [0.25, 0.3) is 0 Å². The lowest BCUT2D eigenvalue weighted by atomic mass is 9.98. The highest BCUT2D eigenvalue weighted by molar-refractivity contribution is 9.10. The number of hydrogen-bond donors (Lipinski definition) is 1. The number of ether oxygens (including phenoxy) is 4. The summed E-state index contributed by atoms with van der Waals surface area (Å²) in [5, 5.41) is 3.38. The highest BCUT2D eigenvalue weighted by Gasteiger charge is 2.26. The summed E-state index contributed by atoms with van der Waals surface area (Å²) < 4.78 is 22.2. The number of esters is 2. The molecule has 12 heteroatoms. The molecule has 0 spiro atoms. The van der Waals surface area contributed by atoms with E-state index in [9.17, 15) is 14.4 Å². The van der Waals surface area contributed by atoms with Gasteiger partial charge in [-0.15, -0.1) is 11.3 Å². The van der Waals surface area contributed by atoms with Crippen LogP contribution in [0.2, 0.25) is 5.02 Å². The van der Waals surface area contributed by atoms with Crippen molar-refractivity contribution in [3.05, 3.63) is 62.9 Å². The fourth-order valence-corrected chi connectivity index (χ4v) is 6.42.